The normalized spacial score (nSPS) is 13.1. The van der Waals surface area contributed by atoms with Crippen LogP contribution >= 0.6 is 22.7 Å². The molecule has 0 spiro atoms. The van der Waals surface area contributed by atoms with Gasteiger partial charge in [0.1, 0.15) is 0 Å². The van der Waals surface area contributed by atoms with Gasteiger partial charge in [0.15, 0.2) is 0 Å². The second-order valence-electron chi connectivity index (χ2n) is 4.70. The maximum atomic E-state index is 6.48. The van der Waals surface area contributed by atoms with Crippen LogP contribution in [0.5, 0.6) is 0 Å². The highest BCUT2D eigenvalue weighted by Crippen LogP contribution is 2.36. The number of nitrogens with two attached hydrogens (primary N) is 1. The number of para-hydroxylation sites is 1. The van der Waals surface area contributed by atoms with E-state index in [1.807, 2.05) is 12.3 Å². The zero-order chi connectivity index (χ0) is 13.5. The van der Waals surface area contributed by atoms with Crippen LogP contribution in [0.25, 0.3) is 20.3 Å². The smallest absolute Gasteiger partial charge is 0.0753 e. The Hall–Kier alpha value is -1.75. The van der Waals surface area contributed by atoms with Crippen LogP contribution in [-0.2, 0) is 0 Å². The Bertz CT molecular complexity index is 858. The average Bonchev–Trinajstić information content (AvgIpc) is 3.07. The number of aromatic nitrogens is 1. The van der Waals surface area contributed by atoms with Crippen LogP contribution in [0.2, 0.25) is 0 Å². The summed E-state index contributed by atoms with van der Waals surface area (Å²) in [5.41, 5.74) is 8.57. The molecule has 0 aliphatic carbocycles. The van der Waals surface area contributed by atoms with Gasteiger partial charge in [-0.2, -0.15) is 0 Å². The molecule has 98 valence electrons. The first kappa shape index (κ1) is 12.0. The molecule has 0 radical (unpaired) electrons. The van der Waals surface area contributed by atoms with E-state index in [-0.39, 0.29) is 6.04 Å². The van der Waals surface area contributed by atoms with E-state index >= 15 is 0 Å². The quantitative estimate of drug-likeness (QED) is 0.589. The summed E-state index contributed by atoms with van der Waals surface area (Å²) in [5.74, 6) is 0. The second-order valence-corrected chi connectivity index (χ2v) is 6.76. The Kier molecular flexibility index (Phi) is 2.80. The highest BCUT2D eigenvalue weighted by Gasteiger charge is 2.15. The second kappa shape index (κ2) is 4.66. The third kappa shape index (κ3) is 1.85. The van der Waals surface area contributed by atoms with Gasteiger partial charge >= 0.3 is 0 Å². The Morgan fingerprint density at radius 3 is 2.85 bits per heavy atom. The molecular formula is C16H12N2S2. The summed E-state index contributed by atoms with van der Waals surface area (Å²) in [6.07, 6.45) is 1.82. The molecule has 4 rings (SSSR count). The number of nitrogens with zero attached hydrogens (tertiary/aromatic N) is 1. The van der Waals surface area contributed by atoms with Gasteiger partial charge in [-0.25, -0.2) is 0 Å². The number of thiophene rings is 2. The lowest BCUT2D eigenvalue weighted by Crippen LogP contribution is -2.11. The molecule has 0 bridgehead atoms. The van der Waals surface area contributed by atoms with Crippen molar-refractivity contribution in [3.63, 3.8) is 0 Å². The van der Waals surface area contributed by atoms with Crippen molar-refractivity contribution in [2.45, 2.75) is 6.04 Å². The van der Waals surface area contributed by atoms with Crippen LogP contribution in [0.3, 0.4) is 0 Å². The van der Waals surface area contributed by atoms with Crippen molar-refractivity contribution >= 4 is 43.0 Å². The molecule has 1 aromatic carbocycles. The number of rotatable bonds is 2. The molecule has 2 nitrogen and oxygen atoms in total. The van der Waals surface area contributed by atoms with E-state index in [4.69, 9.17) is 5.73 Å². The summed E-state index contributed by atoms with van der Waals surface area (Å²) < 4.78 is 2.63. The molecule has 20 heavy (non-hydrogen) atoms. The van der Waals surface area contributed by atoms with Gasteiger partial charge in [0, 0.05) is 31.4 Å². The van der Waals surface area contributed by atoms with Crippen LogP contribution in [0.4, 0.5) is 0 Å². The maximum absolute atomic E-state index is 6.48. The lowest BCUT2D eigenvalue weighted by atomic mass is 10.0. The lowest BCUT2D eigenvalue weighted by Gasteiger charge is -2.12. The van der Waals surface area contributed by atoms with Crippen molar-refractivity contribution < 1.29 is 0 Å². The Morgan fingerprint density at radius 2 is 1.95 bits per heavy atom. The summed E-state index contributed by atoms with van der Waals surface area (Å²) in [4.78, 5) is 5.70. The zero-order valence-electron chi connectivity index (χ0n) is 10.6. The van der Waals surface area contributed by atoms with E-state index in [9.17, 15) is 0 Å². The fraction of sp³-hybridized carbons (Fsp3) is 0.0625. The van der Waals surface area contributed by atoms with E-state index in [2.05, 4.69) is 46.8 Å². The number of benzene rings is 1. The van der Waals surface area contributed by atoms with Crippen LogP contribution in [0.15, 0.2) is 54.0 Å². The summed E-state index contributed by atoms with van der Waals surface area (Å²) >= 11 is 3.54. The minimum absolute atomic E-state index is 0.113. The summed E-state index contributed by atoms with van der Waals surface area (Å²) in [5, 5.41) is 3.26. The molecule has 0 amide bonds. The molecule has 1 atom stereocenters. The van der Waals surface area contributed by atoms with Crippen LogP contribution in [-0.4, -0.2) is 4.98 Å². The largest absolute Gasteiger partial charge is 0.320 e. The van der Waals surface area contributed by atoms with Gasteiger partial charge < -0.3 is 5.73 Å². The molecule has 0 fully saturated rings. The van der Waals surface area contributed by atoms with Gasteiger partial charge in [0.05, 0.1) is 11.6 Å². The Morgan fingerprint density at radius 1 is 1.05 bits per heavy atom. The van der Waals surface area contributed by atoms with Crippen LogP contribution < -0.4 is 5.73 Å². The monoisotopic (exact) mass is 296 g/mol. The van der Waals surface area contributed by atoms with Crippen LogP contribution in [0.1, 0.15) is 16.5 Å². The lowest BCUT2D eigenvalue weighted by molar-refractivity contribution is 0.900. The Labute approximate surface area is 124 Å². The maximum Gasteiger partial charge on any atom is 0.0753 e. The fourth-order valence-electron chi connectivity index (χ4n) is 2.47. The summed E-state index contributed by atoms with van der Waals surface area (Å²) in [6.45, 7) is 0. The van der Waals surface area contributed by atoms with E-state index in [0.717, 1.165) is 16.5 Å². The minimum atomic E-state index is -0.113. The SMILES string of the molecule is NC(c1cc2sccc2s1)c1cccc2cccnc12. The first-order valence-electron chi connectivity index (χ1n) is 6.39. The van der Waals surface area contributed by atoms with Crippen molar-refractivity contribution in [1.82, 2.24) is 4.98 Å². The van der Waals surface area contributed by atoms with E-state index in [1.54, 1.807) is 22.7 Å². The molecular weight excluding hydrogens is 284 g/mol. The van der Waals surface area contributed by atoms with Crippen molar-refractivity contribution in [1.29, 1.82) is 0 Å². The number of hydrogen-bond acceptors (Lipinski definition) is 4. The molecule has 4 aromatic rings. The third-order valence-electron chi connectivity index (χ3n) is 3.46. The predicted octanol–water partition coefficient (Wildman–Crippen LogP) is 4.56. The third-order valence-corrected chi connectivity index (χ3v) is 5.64. The number of hydrogen-bond donors (Lipinski definition) is 1. The van der Waals surface area contributed by atoms with Crippen molar-refractivity contribution in [3.8, 4) is 0 Å². The van der Waals surface area contributed by atoms with Crippen LogP contribution in [0, 0.1) is 0 Å². The fourth-order valence-corrected chi connectivity index (χ4v) is 4.61. The van der Waals surface area contributed by atoms with Crippen molar-refractivity contribution in [2.75, 3.05) is 0 Å². The number of pyridine rings is 1. The van der Waals surface area contributed by atoms with Gasteiger partial charge in [-0.15, -0.1) is 22.7 Å². The summed E-state index contributed by atoms with van der Waals surface area (Å²) in [6, 6.07) is 14.5. The molecule has 3 heterocycles. The molecule has 0 saturated carbocycles. The first-order valence-corrected chi connectivity index (χ1v) is 8.09. The highest BCUT2D eigenvalue weighted by atomic mass is 32.1. The average molecular weight is 296 g/mol. The van der Waals surface area contributed by atoms with E-state index < -0.39 is 0 Å². The zero-order valence-corrected chi connectivity index (χ0v) is 12.2. The van der Waals surface area contributed by atoms with Gasteiger partial charge in [-0.05, 0) is 23.6 Å². The molecule has 3 aromatic heterocycles. The molecule has 0 saturated heterocycles. The first-order chi connectivity index (χ1) is 9.83. The molecule has 4 heteroatoms. The molecule has 0 aliphatic heterocycles. The number of fused-ring (bicyclic) bond motifs is 2. The van der Waals surface area contributed by atoms with Gasteiger partial charge in [-0.3, -0.25) is 4.98 Å². The molecule has 1 unspecified atom stereocenters. The van der Waals surface area contributed by atoms with E-state index in [1.165, 1.54) is 14.3 Å². The molecule has 2 N–H and O–H groups in total. The topological polar surface area (TPSA) is 38.9 Å². The van der Waals surface area contributed by atoms with Gasteiger partial charge in [0.25, 0.3) is 0 Å². The van der Waals surface area contributed by atoms with Crippen molar-refractivity contribution in [3.05, 3.63) is 64.5 Å². The standard InChI is InChI=1S/C16H12N2S2/c17-15(14-9-13-12(20-14)6-8-19-13)11-5-1-3-10-4-2-7-18-16(10)11/h1-9,15H,17H2. The minimum Gasteiger partial charge on any atom is -0.320 e. The van der Waals surface area contributed by atoms with Gasteiger partial charge in [0.2, 0.25) is 0 Å². The highest BCUT2D eigenvalue weighted by molar-refractivity contribution is 7.27. The Balaban J connectivity index is 1.87. The van der Waals surface area contributed by atoms with Crippen molar-refractivity contribution in [2.24, 2.45) is 5.73 Å². The summed E-state index contributed by atoms with van der Waals surface area (Å²) in [7, 11) is 0. The van der Waals surface area contributed by atoms with E-state index in [0.29, 0.717) is 0 Å². The molecule has 0 aliphatic rings. The predicted molar refractivity (Wildman–Crippen MR) is 87.5 cm³/mol. The van der Waals surface area contributed by atoms with Gasteiger partial charge in [-0.1, -0.05) is 24.3 Å².